The number of methoxy groups -OCH3 is 1. The summed E-state index contributed by atoms with van der Waals surface area (Å²) in [6.45, 7) is 0.149. The summed E-state index contributed by atoms with van der Waals surface area (Å²) in [7, 11) is 1.30. The van der Waals surface area contributed by atoms with E-state index in [-0.39, 0.29) is 12.6 Å². The van der Waals surface area contributed by atoms with Gasteiger partial charge in [0.25, 0.3) is 0 Å². The highest BCUT2D eigenvalue weighted by Crippen LogP contribution is 2.30. The van der Waals surface area contributed by atoms with Crippen molar-refractivity contribution in [2.24, 2.45) is 5.73 Å². The lowest BCUT2D eigenvalue weighted by atomic mass is 9.98. The number of amides is 1. The molecule has 1 fully saturated rings. The second-order valence-electron chi connectivity index (χ2n) is 5.26. The van der Waals surface area contributed by atoms with Gasteiger partial charge in [0.2, 0.25) is 0 Å². The van der Waals surface area contributed by atoms with E-state index < -0.39 is 17.6 Å². The Balaban J connectivity index is 1.94. The van der Waals surface area contributed by atoms with Crippen molar-refractivity contribution in [3.05, 3.63) is 35.9 Å². The third-order valence-corrected chi connectivity index (χ3v) is 3.68. The van der Waals surface area contributed by atoms with Gasteiger partial charge < -0.3 is 20.5 Å². The highest BCUT2D eigenvalue weighted by atomic mass is 16.6. The van der Waals surface area contributed by atoms with Gasteiger partial charge in [0, 0.05) is 6.04 Å². The van der Waals surface area contributed by atoms with E-state index in [0.717, 1.165) is 5.56 Å². The van der Waals surface area contributed by atoms with Crippen LogP contribution in [-0.4, -0.2) is 30.8 Å². The van der Waals surface area contributed by atoms with Crippen molar-refractivity contribution < 1.29 is 19.1 Å². The zero-order valence-electron chi connectivity index (χ0n) is 12.0. The predicted octanol–water partition coefficient (Wildman–Crippen LogP) is 1.34. The Bertz CT molecular complexity index is 506. The van der Waals surface area contributed by atoms with Crippen molar-refractivity contribution in [3.8, 4) is 0 Å². The molecule has 0 aliphatic heterocycles. The van der Waals surface area contributed by atoms with Crippen LogP contribution in [0.25, 0.3) is 0 Å². The van der Waals surface area contributed by atoms with E-state index in [0.29, 0.717) is 19.3 Å². The average Bonchev–Trinajstić information content (AvgIpc) is 2.87. The van der Waals surface area contributed by atoms with Gasteiger partial charge in [-0.25, -0.2) is 9.59 Å². The summed E-state index contributed by atoms with van der Waals surface area (Å²) in [5, 5.41) is 2.63. The van der Waals surface area contributed by atoms with Crippen LogP contribution in [-0.2, 0) is 20.9 Å². The molecule has 2 rings (SSSR count). The molecule has 2 atom stereocenters. The van der Waals surface area contributed by atoms with Gasteiger partial charge in [0.05, 0.1) is 7.11 Å². The first-order chi connectivity index (χ1) is 10.1. The van der Waals surface area contributed by atoms with Gasteiger partial charge in [-0.15, -0.1) is 0 Å². The Morgan fingerprint density at radius 1 is 1.38 bits per heavy atom. The first-order valence-electron chi connectivity index (χ1n) is 6.88. The number of carbonyl (C=O) groups is 2. The number of carbonyl (C=O) groups excluding carboxylic acids is 2. The van der Waals surface area contributed by atoms with E-state index in [4.69, 9.17) is 15.2 Å². The number of ether oxygens (including phenoxy) is 2. The number of benzene rings is 1. The molecule has 114 valence electrons. The van der Waals surface area contributed by atoms with E-state index in [1.807, 2.05) is 30.3 Å². The molecule has 1 amide bonds. The van der Waals surface area contributed by atoms with Crippen LogP contribution >= 0.6 is 0 Å². The number of hydrogen-bond donors (Lipinski definition) is 2. The molecule has 0 aromatic heterocycles. The first kappa shape index (κ1) is 15.3. The number of nitrogens with two attached hydrogens (primary N) is 1. The number of rotatable bonds is 4. The number of hydrogen-bond acceptors (Lipinski definition) is 5. The summed E-state index contributed by atoms with van der Waals surface area (Å²) in [4.78, 5) is 23.9. The van der Waals surface area contributed by atoms with Crippen LogP contribution in [0.15, 0.2) is 30.3 Å². The van der Waals surface area contributed by atoms with E-state index in [1.165, 1.54) is 7.11 Å². The molecule has 0 radical (unpaired) electrons. The van der Waals surface area contributed by atoms with E-state index >= 15 is 0 Å². The molecule has 1 aliphatic carbocycles. The van der Waals surface area contributed by atoms with Gasteiger partial charge in [0.15, 0.2) is 0 Å². The van der Waals surface area contributed by atoms with Crippen LogP contribution < -0.4 is 11.1 Å². The second kappa shape index (κ2) is 6.58. The molecule has 6 heteroatoms. The lowest BCUT2D eigenvalue weighted by molar-refractivity contribution is -0.148. The van der Waals surface area contributed by atoms with Crippen molar-refractivity contribution in [2.75, 3.05) is 7.11 Å². The van der Waals surface area contributed by atoms with E-state index in [9.17, 15) is 9.59 Å². The van der Waals surface area contributed by atoms with Crippen LogP contribution in [0.2, 0.25) is 0 Å². The molecule has 21 heavy (non-hydrogen) atoms. The summed E-state index contributed by atoms with van der Waals surface area (Å²) >= 11 is 0. The second-order valence-corrected chi connectivity index (χ2v) is 5.26. The molecule has 0 saturated heterocycles. The quantitative estimate of drug-likeness (QED) is 0.817. The molecule has 0 heterocycles. The van der Waals surface area contributed by atoms with Crippen LogP contribution in [0.1, 0.15) is 24.8 Å². The highest BCUT2D eigenvalue weighted by molar-refractivity contribution is 5.86. The zero-order valence-corrected chi connectivity index (χ0v) is 12.0. The molecule has 1 aliphatic rings. The minimum atomic E-state index is -1.07. The predicted molar refractivity (Wildman–Crippen MR) is 76.3 cm³/mol. The topological polar surface area (TPSA) is 90.6 Å². The summed E-state index contributed by atoms with van der Waals surface area (Å²) in [6.07, 6.45) is 0.841. The highest BCUT2D eigenvalue weighted by Gasteiger charge is 2.47. The molecule has 1 aromatic carbocycles. The largest absolute Gasteiger partial charge is 0.467 e. The van der Waals surface area contributed by atoms with Crippen LogP contribution in [0.3, 0.4) is 0 Å². The molecule has 1 saturated carbocycles. The number of alkyl carbamates (subject to hydrolysis) is 1. The Kier molecular flexibility index (Phi) is 4.80. The fourth-order valence-electron chi connectivity index (χ4n) is 2.58. The molecule has 3 N–H and O–H groups in total. The standard InChI is InChI=1S/C15H20N2O4/c1-20-13(18)15(8-7-12(16)9-15)17-14(19)21-10-11-5-3-2-4-6-11/h2-6,12H,7-10,16H2,1H3,(H,17,19). The van der Waals surface area contributed by atoms with Crippen molar-refractivity contribution in [3.63, 3.8) is 0 Å². The maximum absolute atomic E-state index is 11.9. The van der Waals surface area contributed by atoms with Crippen molar-refractivity contribution in [1.29, 1.82) is 0 Å². The maximum atomic E-state index is 11.9. The monoisotopic (exact) mass is 292 g/mol. The van der Waals surface area contributed by atoms with Crippen molar-refractivity contribution >= 4 is 12.1 Å². The molecular formula is C15H20N2O4. The zero-order chi connectivity index (χ0) is 15.3. The van der Waals surface area contributed by atoms with Crippen LogP contribution in [0.4, 0.5) is 4.79 Å². The third kappa shape index (κ3) is 3.72. The lowest BCUT2D eigenvalue weighted by Gasteiger charge is -2.26. The molecule has 0 spiro atoms. The molecule has 2 unspecified atom stereocenters. The van der Waals surface area contributed by atoms with Gasteiger partial charge in [-0.1, -0.05) is 30.3 Å². The fourth-order valence-corrected chi connectivity index (χ4v) is 2.58. The Morgan fingerprint density at radius 2 is 2.10 bits per heavy atom. The summed E-state index contributed by atoms with van der Waals surface area (Å²) in [5.74, 6) is -0.480. The SMILES string of the molecule is COC(=O)C1(NC(=O)OCc2ccccc2)CCC(N)C1. The minimum absolute atomic E-state index is 0.126. The summed E-state index contributed by atoms with van der Waals surface area (Å²) in [6, 6.07) is 9.20. The normalized spacial score (nSPS) is 24.4. The van der Waals surface area contributed by atoms with Gasteiger partial charge in [-0.3, -0.25) is 0 Å². The van der Waals surface area contributed by atoms with Crippen molar-refractivity contribution in [1.82, 2.24) is 5.32 Å². The first-order valence-corrected chi connectivity index (χ1v) is 6.88. The Labute approximate surface area is 123 Å². The van der Waals surface area contributed by atoms with Gasteiger partial charge in [-0.05, 0) is 24.8 Å². The average molecular weight is 292 g/mol. The molecule has 6 nitrogen and oxygen atoms in total. The van der Waals surface area contributed by atoms with Crippen LogP contribution in [0, 0.1) is 0 Å². The van der Waals surface area contributed by atoms with Gasteiger partial charge in [0.1, 0.15) is 12.1 Å². The summed E-state index contributed by atoms with van der Waals surface area (Å²) in [5.41, 5.74) is 5.65. The maximum Gasteiger partial charge on any atom is 0.408 e. The minimum Gasteiger partial charge on any atom is -0.467 e. The molecular weight excluding hydrogens is 272 g/mol. The van der Waals surface area contributed by atoms with E-state index in [2.05, 4.69) is 5.32 Å². The Hall–Kier alpha value is -2.08. The Morgan fingerprint density at radius 3 is 2.67 bits per heavy atom. The smallest absolute Gasteiger partial charge is 0.408 e. The van der Waals surface area contributed by atoms with E-state index in [1.54, 1.807) is 0 Å². The number of esters is 1. The summed E-state index contributed by atoms with van der Waals surface area (Å²) < 4.78 is 9.93. The lowest BCUT2D eigenvalue weighted by Crippen LogP contribution is -2.54. The van der Waals surface area contributed by atoms with Gasteiger partial charge >= 0.3 is 12.1 Å². The van der Waals surface area contributed by atoms with Crippen molar-refractivity contribution in [2.45, 2.75) is 37.5 Å². The van der Waals surface area contributed by atoms with Crippen LogP contribution in [0.5, 0.6) is 0 Å². The van der Waals surface area contributed by atoms with Gasteiger partial charge in [-0.2, -0.15) is 0 Å². The molecule has 1 aromatic rings. The number of nitrogens with one attached hydrogen (secondary N) is 1. The molecule has 0 bridgehead atoms. The third-order valence-electron chi connectivity index (χ3n) is 3.68. The fraction of sp³-hybridized carbons (Fsp3) is 0.467.